The van der Waals surface area contributed by atoms with Gasteiger partial charge in [0.1, 0.15) is 5.92 Å². The molecule has 122 valence electrons. The molecular formula is C18H22N2O3. The molecule has 5 nitrogen and oxygen atoms in total. The summed E-state index contributed by atoms with van der Waals surface area (Å²) in [6.07, 6.45) is 3.46. The zero-order chi connectivity index (χ0) is 16.2. The number of carboxylic acids is 1. The van der Waals surface area contributed by atoms with Gasteiger partial charge >= 0.3 is 5.97 Å². The molecule has 23 heavy (non-hydrogen) atoms. The van der Waals surface area contributed by atoms with Crippen molar-refractivity contribution in [2.45, 2.75) is 43.2 Å². The fourth-order valence-electron chi connectivity index (χ4n) is 4.46. The first-order valence-electron chi connectivity index (χ1n) is 8.38. The van der Waals surface area contributed by atoms with E-state index in [1.165, 1.54) is 0 Å². The molecule has 0 bridgehead atoms. The van der Waals surface area contributed by atoms with E-state index in [4.69, 9.17) is 0 Å². The molecule has 2 fully saturated rings. The van der Waals surface area contributed by atoms with Gasteiger partial charge in [0.15, 0.2) is 0 Å². The first kappa shape index (κ1) is 14.7. The molecule has 1 aliphatic carbocycles. The molecule has 1 N–H and O–H groups in total. The van der Waals surface area contributed by atoms with Crippen molar-refractivity contribution in [3.63, 3.8) is 0 Å². The molecule has 1 unspecified atom stereocenters. The third-order valence-corrected chi connectivity index (χ3v) is 5.75. The quantitative estimate of drug-likeness (QED) is 0.906. The van der Waals surface area contributed by atoms with Gasteiger partial charge in [0, 0.05) is 24.7 Å². The Hall–Kier alpha value is -1.88. The molecule has 1 spiro atoms. The van der Waals surface area contributed by atoms with E-state index < -0.39 is 17.4 Å². The Morgan fingerprint density at radius 1 is 1.22 bits per heavy atom. The maximum atomic E-state index is 13.1. The number of carbonyl (C=O) groups is 2. The molecule has 0 radical (unpaired) electrons. The highest BCUT2D eigenvalue weighted by molar-refractivity contribution is 6.01. The van der Waals surface area contributed by atoms with Crippen LogP contribution in [0.2, 0.25) is 0 Å². The SMILES string of the molecule is CN1CCC2(CC1)C(C(=O)O)c1ccccc1C(=O)N2C1CC1. The second-order valence-corrected chi connectivity index (χ2v) is 7.17. The lowest BCUT2D eigenvalue weighted by Gasteiger charge is -2.54. The van der Waals surface area contributed by atoms with Crippen LogP contribution in [-0.4, -0.2) is 58.5 Å². The van der Waals surface area contributed by atoms with Crippen LogP contribution in [0.3, 0.4) is 0 Å². The summed E-state index contributed by atoms with van der Waals surface area (Å²) in [6.45, 7) is 1.67. The minimum Gasteiger partial charge on any atom is -0.481 e. The van der Waals surface area contributed by atoms with Gasteiger partial charge in [0.25, 0.3) is 5.91 Å². The van der Waals surface area contributed by atoms with Crippen molar-refractivity contribution >= 4 is 11.9 Å². The van der Waals surface area contributed by atoms with E-state index in [9.17, 15) is 14.7 Å². The van der Waals surface area contributed by atoms with Crippen LogP contribution in [0.4, 0.5) is 0 Å². The highest BCUT2D eigenvalue weighted by Crippen LogP contribution is 2.50. The van der Waals surface area contributed by atoms with Gasteiger partial charge in [0.05, 0.1) is 5.54 Å². The maximum Gasteiger partial charge on any atom is 0.313 e. The number of nitrogens with zero attached hydrogens (tertiary/aromatic N) is 2. The smallest absolute Gasteiger partial charge is 0.313 e. The number of carbonyl (C=O) groups excluding carboxylic acids is 1. The number of rotatable bonds is 2. The Kier molecular flexibility index (Phi) is 3.23. The number of aliphatic carboxylic acids is 1. The minimum absolute atomic E-state index is 0.0325. The number of carboxylic acid groups (broad SMARTS) is 1. The lowest BCUT2D eigenvalue weighted by Crippen LogP contribution is -2.64. The summed E-state index contributed by atoms with van der Waals surface area (Å²) in [7, 11) is 2.06. The molecule has 2 aliphatic heterocycles. The molecule has 0 aromatic heterocycles. The molecule has 3 aliphatic rings. The van der Waals surface area contributed by atoms with Crippen molar-refractivity contribution in [3.05, 3.63) is 35.4 Å². The second kappa shape index (κ2) is 5.06. The van der Waals surface area contributed by atoms with Crippen LogP contribution >= 0.6 is 0 Å². The van der Waals surface area contributed by atoms with E-state index in [0.717, 1.165) is 38.8 Å². The van der Waals surface area contributed by atoms with E-state index in [1.54, 1.807) is 6.07 Å². The minimum atomic E-state index is -0.805. The van der Waals surface area contributed by atoms with Gasteiger partial charge in [-0.25, -0.2) is 0 Å². The molecule has 5 heteroatoms. The van der Waals surface area contributed by atoms with Gasteiger partial charge in [-0.1, -0.05) is 18.2 Å². The number of hydrogen-bond acceptors (Lipinski definition) is 3. The Labute approximate surface area is 135 Å². The van der Waals surface area contributed by atoms with Gasteiger partial charge in [0.2, 0.25) is 0 Å². The predicted octanol–water partition coefficient (Wildman–Crippen LogP) is 1.94. The van der Waals surface area contributed by atoms with Crippen molar-refractivity contribution in [2.75, 3.05) is 20.1 Å². The molecular weight excluding hydrogens is 292 g/mol. The van der Waals surface area contributed by atoms with Gasteiger partial charge in [-0.2, -0.15) is 0 Å². The first-order valence-corrected chi connectivity index (χ1v) is 8.38. The molecule has 1 aromatic rings. The first-order chi connectivity index (χ1) is 11.0. The summed E-state index contributed by atoms with van der Waals surface area (Å²) in [5.41, 5.74) is 0.716. The topological polar surface area (TPSA) is 60.9 Å². The Bertz CT molecular complexity index is 660. The van der Waals surface area contributed by atoms with Crippen molar-refractivity contribution in [1.82, 2.24) is 9.80 Å². The van der Waals surface area contributed by atoms with Gasteiger partial charge in [-0.15, -0.1) is 0 Å². The van der Waals surface area contributed by atoms with Crippen LogP contribution in [0.5, 0.6) is 0 Å². The summed E-state index contributed by atoms with van der Waals surface area (Å²) >= 11 is 0. The number of hydrogen-bond donors (Lipinski definition) is 1. The van der Waals surface area contributed by atoms with E-state index in [1.807, 2.05) is 23.1 Å². The fraction of sp³-hybridized carbons (Fsp3) is 0.556. The van der Waals surface area contributed by atoms with Gasteiger partial charge < -0.3 is 14.9 Å². The van der Waals surface area contributed by atoms with E-state index in [0.29, 0.717) is 11.1 Å². The summed E-state index contributed by atoms with van der Waals surface area (Å²) in [6, 6.07) is 7.51. The average molecular weight is 314 g/mol. The lowest BCUT2D eigenvalue weighted by atomic mass is 9.67. The van der Waals surface area contributed by atoms with Crippen LogP contribution < -0.4 is 0 Å². The number of benzene rings is 1. The van der Waals surface area contributed by atoms with Crippen molar-refractivity contribution < 1.29 is 14.7 Å². The van der Waals surface area contributed by atoms with Crippen LogP contribution in [0.15, 0.2) is 24.3 Å². The normalized spacial score (nSPS) is 27.1. The number of amides is 1. The summed E-state index contributed by atoms with van der Waals surface area (Å²) in [5.74, 6) is -1.39. The number of piperidine rings is 1. The number of likely N-dealkylation sites (tertiary alicyclic amines) is 1. The second-order valence-electron chi connectivity index (χ2n) is 7.17. The largest absolute Gasteiger partial charge is 0.481 e. The molecule has 1 saturated carbocycles. The Morgan fingerprint density at radius 3 is 2.48 bits per heavy atom. The zero-order valence-corrected chi connectivity index (χ0v) is 13.4. The van der Waals surface area contributed by atoms with Crippen molar-refractivity contribution in [1.29, 1.82) is 0 Å². The molecule has 1 amide bonds. The Balaban J connectivity index is 1.89. The van der Waals surface area contributed by atoms with E-state index in [-0.39, 0.29) is 11.9 Å². The highest BCUT2D eigenvalue weighted by Gasteiger charge is 2.58. The van der Waals surface area contributed by atoms with Crippen LogP contribution in [0, 0.1) is 0 Å². The third kappa shape index (κ3) is 2.10. The van der Waals surface area contributed by atoms with E-state index >= 15 is 0 Å². The van der Waals surface area contributed by atoms with Crippen LogP contribution in [0.25, 0.3) is 0 Å². The Morgan fingerprint density at radius 2 is 1.87 bits per heavy atom. The maximum absolute atomic E-state index is 13.1. The molecule has 1 saturated heterocycles. The molecule has 1 atom stereocenters. The van der Waals surface area contributed by atoms with Crippen molar-refractivity contribution in [2.24, 2.45) is 0 Å². The van der Waals surface area contributed by atoms with E-state index in [2.05, 4.69) is 11.9 Å². The summed E-state index contributed by atoms with van der Waals surface area (Å²) in [5, 5.41) is 10.0. The monoisotopic (exact) mass is 314 g/mol. The summed E-state index contributed by atoms with van der Waals surface area (Å²) in [4.78, 5) is 29.5. The predicted molar refractivity (Wildman–Crippen MR) is 85.5 cm³/mol. The summed E-state index contributed by atoms with van der Waals surface area (Å²) < 4.78 is 0. The highest BCUT2D eigenvalue weighted by atomic mass is 16.4. The standard InChI is InChI=1S/C18H22N2O3/c1-19-10-8-18(9-11-19)15(17(22)23)13-4-2-3-5-14(13)16(21)20(18)12-6-7-12/h2-5,12,15H,6-11H2,1H3,(H,22,23). The lowest BCUT2D eigenvalue weighted by molar-refractivity contribution is -0.144. The average Bonchev–Trinajstić information content (AvgIpc) is 3.35. The third-order valence-electron chi connectivity index (χ3n) is 5.75. The van der Waals surface area contributed by atoms with Crippen LogP contribution in [-0.2, 0) is 4.79 Å². The van der Waals surface area contributed by atoms with Gasteiger partial charge in [-0.3, -0.25) is 9.59 Å². The fourth-order valence-corrected chi connectivity index (χ4v) is 4.46. The molecule has 1 aromatic carbocycles. The molecule has 4 rings (SSSR count). The molecule has 2 heterocycles. The number of fused-ring (bicyclic) bond motifs is 1. The van der Waals surface area contributed by atoms with Crippen LogP contribution in [0.1, 0.15) is 47.5 Å². The van der Waals surface area contributed by atoms with Crippen molar-refractivity contribution in [3.8, 4) is 0 Å². The zero-order valence-electron chi connectivity index (χ0n) is 13.4. The van der Waals surface area contributed by atoms with Gasteiger partial charge in [-0.05, 0) is 44.4 Å².